The van der Waals surface area contributed by atoms with Gasteiger partial charge in [0.15, 0.2) is 0 Å². The Morgan fingerprint density at radius 2 is 2.32 bits per heavy atom. The molecule has 0 aromatic carbocycles. The molecule has 1 aliphatic heterocycles. The zero-order valence-electron chi connectivity index (χ0n) is 11.9. The van der Waals surface area contributed by atoms with Gasteiger partial charge in [-0.25, -0.2) is 0 Å². The molecule has 1 atom stereocenters. The molecule has 4 heteroatoms. The van der Waals surface area contributed by atoms with Crippen molar-refractivity contribution in [3.8, 4) is 6.07 Å². The summed E-state index contributed by atoms with van der Waals surface area (Å²) in [5, 5.41) is 9.30. The van der Waals surface area contributed by atoms with Gasteiger partial charge in [-0.05, 0) is 38.7 Å². The van der Waals surface area contributed by atoms with Gasteiger partial charge >= 0.3 is 0 Å². The highest BCUT2D eigenvalue weighted by atomic mass is 16.5. The summed E-state index contributed by atoms with van der Waals surface area (Å²) in [7, 11) is 2.05. The molecule has 0 aliphatic carbocycles. The van der Waals surface area contributed by atoms with Gasteiger partial charge in [-0.1, -0.05) is 0 Å². The number of pyridine rings is 1. The first-order valence-corrected chi connectivity index (χ1v) is 6.79. The molecular formula is C15H21N3O. The summed E-state index contributed by atoms with van der Waals surface area (Å²) in [6.07, 6.45) is 2.34. The van der Waals surface area contributed by atoms with Gasteiger partial charge < -0.3 is 9.64 Å². The van der Waals surface area contributed by atoms with E-state index in [-0.39, 0.29) is 0 Å². The van der Waals surface area contributed by atoms with Crippen molar-refractivity contribution in [1.82, 2.24) is 4.98 Å². The lowest BCUT2D eigenvalue weighted by molar-refractivity contribution is 0.0576. The molecule has 0 bridgehead atoms. The van der Waals surface area contributed by atoms with Crippen LogP contribution in [0.15, 0.2) is 6.07 Å². The van der Waals surface area contributed by atoms with Crippen molar-refractivity contribution in [1.29, 1.82) is 5.26 Å². The first kappa shape index (κ1) is 13.8. The van der Waals surface area contributed by atoms with Crippen LogP contribution in [0.1, 0.15) is 29.8 Å². The Labute approximate surface area is 115 Å². The third kappa shape index (κ3) is 3.24. The molecule has 1 unspecified atom stereocenters. The van der Waals surface area contributed by atoms with Gasteiger partial charge in [-0.2, -0.15) is 5.26 Å². The van der Waals surface area contributed by atoms with Gasteiger partial charge in [0.2, 0.25) is 0 Å². The van der Waals surface area contributed by atoms with E-state index in [4.69, 9.17) is 4.74 Å². The summed E-state index contributed by atoms with van der Waals surface area (Å²) >= 11 is 0. The molecule has 1 fully saturated rings. The summed E-state index contributed by atoms with van der Waals surface area (Å²) in [6.45, 7) is 6.51. The van der Waals surface area contributed by atoms with Gasteiger partial charge in [0.25, 0.3) is 0 Å². The average Bonchev–Trinajstić information content (AvgIpc) is 2.39. The molecule has 102 valence electrons. The van der Waals surface area contributed by atoms with Crippen LogP contribution in [0, 0.1) is 31.1 Å². The lowest BCUT2D eigenvalue weighted by Gasteiger charge is -2.29. The van der Waals surface area contributed by atoms with E-state index in [2.05, 4.69) is 16.0 Å². The zero-order valence-corrected chi connectivity index (χ0v) is 11.9. The van der Waals surface area contributed by atoms with E-state index in [1.165, 1.54) is 6.42 Å². The van der Waals surface area contributed by atoms with Gasteiger partial charge in [0.1, 0.15) is 6.07 Å². The molecule has 1 saturated heterocycles. The highest BCUT2D eigenvalue weighted by Crippen LogP contribution is 2.24. The molecule has 4 nitrogen and oxygen atoms in total. The van der Waals surface area contributed by atoms with E-state index in [0.29, 0.717) is 11.5 Å². The molecule has 2 heterocycles. The van der Waals surface area contributed by atoms with Crippen LogP contribution < -0.4 is 4.90 Å². The van der Waals surface area contributed by atoms with Gasteiger partial charge in [-0.3, -0.25) is 4.98 Å². The fourth-order valence-electron chi connectivity index (χ4n) is 2.68. The Bertz CT molecular complexity index is 487. The molecule has 0 spiro atoms. The van der Waals surface area contributed by atoms with E-state index in [1.54, 1.807) is 0 Å². The summed E-state index contributed by atoms with van der Waals surface area (Å²) in [4.78, 5) is 6.53. The van der Waals surface area contributed by atoms with Gasteiger partial charge in [0.05, 0.1) is 23.6 Å². The van der Waals surface area contributed by atoms with Crippen molar-refractivity contribution in [2.45, 2.75) is 26.7 Å². The lowest BCUT2D eigenvalue weighted by atomic mass is 10.0. The Morgan fingerprint density at radius 3 is 2.95 bits per heavy atom. The van der Waals surface area contributed by atoms with Crippen LogP contribution in [0.4, 0.5) is 5.69 Å². The number of nitrogens with zero attached hydrogens (tertiary/aromatic N) is 3. The number of hydrogen-bond donors (Lipinski definition) is 0. The minimum Gasteiger partial charge on any atom is -0.381 e. The number of hydrogen-bond acceptors (Lipinski definition) is 4. The van der Waals surface area contributed by atoms with Crippen LogP contribution in [0.3, 0.4) is 0 Å². The summed E-state index contributed by atoms with van der Waals surface area (Å²) in [5.74, 6) is 0.555. The topological polar surface area (TPSA) is 49.1 Å². The highest BCUT2D eigenvalue weighted by Gasteiger charge is 2.18. The smallest absolute Gasteiger partial charge is 0.103 e. The Hall–Kier alpha value is -1.60. The maximum Gasteiger partial charge on any atom is 0.103 e. The summed E-state index contributed by atoms with van der Waals surface area (Å²) in [5.41, 5.74) is 3.44. The van der Waals surface area contributed by atoms with Crippen LogP contribution in [0.25, 0.3) is 0 Å². The van der Waals surface area contributed by atoms with Crippen LogP contribution in [-0.2, 0) is 4.74 Å². The quantitative estimate of drug-likeness (QED) is 0.836. The number of aromatic nitrogens is 1. The highest BCUT2D eigenvalue weighted by molar-refractivity contribution is 5.61. The second-order valence-electron chi connectivity index (χ2n) is 5.32. The summed E-state index contributed by atoms with van der Waals surface area (Å²) in [6, 6.07) is 4.27. The maximum atomic E-state index is 9.30. The summed E-state index contributed by atoms with van der Waals surface area (Å²) < 4.78 is 5.52. The molecule has 19 heavy (non-hydrogen) atoms. The number of ether oxygens (including phenoxy) is 1. The largest absolute Gasteiger partial charge is 0.381 e. The van der Waals surface area contributed by atoms with E-state index in [9.17, 15) is 5.26 Å². The predicted octanol–water partition coefficient (Wildman–Crippen LogP) is 2.43. The van der Waals surface area contributed by atoms with Crippen LogP contribution in [-0.4, -0.2) is 31.8 Å². The Kier molecular flexibility index (Phi) is 4.39. The van der Waals surface area contributed by atoms with Crippen molar-refractivity contribution < 1.29 is 4.74 Å². The molecule has 1 aliphatic rings. The zero-order chi connectivity index (χ0) is 13.8. The van der Waals surface area contributed by atoms with Crippen molar-refractivity contribution >= 4 is 5.69 Å². The molecular weight excluding hydrogens is 238 g/mol. The molecule has 2 rings (SSSR count). The standard InChI is InChI=1S/C15H21N3O/c1-11-7-15(14(8-16)12(2)17-11)18(3)9-13-5-4-6-19-10-13/h7,13H,4-6,9-10H2,1-3H3. The van der Waals surface area contributed by atoms with E-state index in [0.717, 1.165) is 43.3 Å². The first-order chi connectivity index (χ1) is 9.11. The van der Waals surface area contributed by atoms with Crippen molar-refractivity contribution in [2.75, 3.05) is 31.7 Å². The number of aryl methyl sites for hydroxylation is 2. The lowest BCUT2D eigenvalue weighted by Crippen LogP contribution is -2.31. The van der Waals surface area contributed by atoms with Crippen LogP contribution >= 0.6 is 0 Å². The molecule has 0 N–H and O–H groups in total. The van der Waals surface area contributed by atoms with E-state index in [1.807, 2.05) is 27.0 Å². The fraction of sp³-hybridized carbons (Fsp3) is 0.600. The maximum absolute atomic E-state index is 9.30. The third-order valence-corrected chi connectivity index (χ3v) is 3.62. The molecule has 0 amide bonds. The minimum atomic E-state index is 0.555. The average molecular weight is 259 g/mol. The second kappa shape index (κ2) is 6.03. The first-order valence-electron chi connectivity index (χ1n) is 6.79. The van der Waals surface area contributed by atoms with Crippen LogP contribution in [0.5, 0.6) is 0 Å². The number of anilines is 1. The molecule has 0 saturated carbocycles. The Morgan fingerprint density at radius 1 is 1.53 bits per heavy atom. The van der Waals surface area contributed by atoms with E-state index >= 15 is 0 Å². The van der Waals surface area contributed by atoms with Gasteiger partial charge in [0, 0.05) is 25.9 Å². The predicted molar refractivity (Wildman–Crippen MR) is 75.2 cm³/mol. The monoisotopic (exact) mass is 259 g/mol. The molecule has 1 aromatic rings. The minimum absolute atomic E-state index is 0.555. The number of nitriles is 1. The van der Waals surface area contributed by atoms with Crippen molar-refractivity contribution in [2.24, 2.45) is 5.92 Å². The molecule has 1 aromatic heterocycles. The fourth-order valence-corrected chi connectivity index (χ4v) is 2.68. The van der Waals surface area contributed by atoms with Crippen molar-refractivity contribution in [3.05, 3.63) is 23.0 Å². The van der Waals surface area contributed by atoms with Crippen LogP contribution in [0.2, 0.25) is 0 Å². The molecule has 0 radical (unpaired) electrons. The van der Waals surface area contributed by atoms with Gasteiger partial charge in [-0.15, -0.1) is 0 Å². The SMILES string of the molecule is Cc1cc(N(C)CC2CCCOC2)c(C#N)c(C)n1. The number of rotatable bonds is 3. The third-order valence-electron chi connectivity index (χ3n) is 3.62. The second-order valence-corrected chi connectivity index (χ2v) is 5.32. The Balaban J connectivity index is 2.18. The van der Waals surface area contributed by atoms with Crippen molar-refractivity contribution in [3.63, 3.8) is 0 Å². The normalized spacial score (nSPS) is 18.9. The van der Waals surface area contributed by atoms with E-state index < -0.39 is 0 Å².